The summed E-state index contributed by atoms with van der Waals surface area (Å²) < 4.78 is 4.62. The molecule has 3 N–H and O–H groups in total. The number of aromatic nitrogens is 4. The Balaban J connectivity index is 0.000000167. The molecule has 0 bridgehead atoms. The van der Waals surface area contributed by atoms with E-state index in [4.69, 9.17) is 0 Å². The second-order valence-corrected chi connectivity index (χ2v) is 5.51. The number of H-pyrrole nitrogens is 1. The average Bonchev–Trinajstić information content (AvgIpc) is 3.07. The number of aryl methyl sites for hydroxylation is 1. The van der Waals surface area contributed by atoms with Crippen LogP contribution in [0.15, 0.2) is 12.3 Å². The summed E-state index contributed by atoms with van der Waals surface area (Å²) in [6.45, 7) is 8.76. The molecular formula is C11H16N6O4S. The highest BCUT2D eigenvalue weighted by atomic mass is 32.2. The number of thioether (sulfide) groups is 1. The lowest BCUT2D eigenvalue weighted by molar-refractivity contribution is -0.118. The minimum absolute atomic E-state index is 0.164. The third-order valence-electron chi connectivity index (χ3n) is 2.37. The van der Waals surface area contributed by atoms with Crippen molar-refractivity contribution in [3.05, 3.63) is 18.1 Å². The van der Waals surface area contributed by atoms with E-state index >= 15 is 0 Å². The quantitative estimate of drug-likeness (QED) is 0.625. The van der Waals surface area contributed by atoms with Crippen molar-refractivity contribution in [3.63, 3.8) is 0 Å². The summed E-state index contributed by atoms with van der Waals surface area (Å²) >= 11 is 1.03. The number of alkyl carbamates (subject to hydrolysis) is 1. The number of ether oxygens (including phenoxy) is 1. The summed E-state index contributed by atoms with van der Waals surface area (Å²) in [7, 11) is 0. The van der Waals surface area contributed by atoms with Gasteiger partial charge < -0.3 is 4.74 Å². The third-order valence-corrected chi connectivity index (χ3v) is 3.25. The van der Waals surface area contributed by atoms with Gasteiger partial charge in [-0.15, -0.1) is 10.2 Å². The molecule has 1 aromatic rings. The molecule has 0 aromatic carbocycles. The Kier molecular flexibility index (Phi) is 6.50. The summed E-state index contributed by atoms with van der Waals surface area (Å²) in [4.78, 5) is 31.0. The van der Waals surface area contributed by atoms with Crippen molar-refractivity contribution in [1.82, 2.24) is 31.3 Å². The predicted octanol–water partition coefficient (Wildman–Crippen LogP) is 0.494. The van der Waals surface area contributed by atoms with Crippen molar-refractivity contribution in [2.45, 2.75) is 32.1 Å². The Morgan fingerprint density at radius 2 is 1.91 bits per heavy atom. The summed E-state index contributed by atoms with van der Waals surface area (Å²) in [6, 6.07) is 0. The second-order valence-electron chi connectivity index (χ2n) is 4.19. The Labute approximate surface area is 130 Å². The molecule has 2 saturated heterocycles. The molecule has 11 heteroatoms. The molecular weight excluding hydrogens is 312 g/mol. The molecule has 2 aliphatic heterocycles. The zero-order valence-electron chi connectivity index (χ0n) is 12.2. The summed E-state index contributed by atoms with van der Waals surface area (Å²) in [5, 5.41) is 16.9. The van der Waals surface area contributed by atoms with E-state index in [1.54, 1.807) is 20.8 Å². The van der Waals surface area contributed by atoms with Crippen molar-refractivity contribution in [2.24, 2.45) is 0 Å². The highest BCUT2D eigenvalue weighted by Gasteiger charge is 2.26. The molecule has 0 aliphatic carbocycles. The molecule has 1 aromatic heterocycles. The zero-order valence-corrected chi connectivity index (χ0v) is 13.1. The Hall–Kier alpha value is -2.43. The van der Waals surface area contributed by atoms with E-state index in [9.17, 15) is 14.4 Å². The fraction of sp³-hybridized carbons (Fsp3) is 0.455. The second kappa shape index (κ2) is 8.12. The largest absolute Gasteiger partial charge is 0.440 e. The fourth-order valence-corrected chi connectivity index (χ4v) is 1.80. The molecule has 3 rings (SSSR count). The van der Waals surface area contributed by atoms with Gasteiger partial charge in [0.25, 0.3) is 5.24 Å². The van der Waals surface area contributed by atoms with Gasteiger partial charge in [-0.25, -0.2) is 4.79 Å². The highest BCUT2D eigenvalue weighted by Crippen LogP contribution is 2.16. The standard InChI is InChI=1S/C5H7NO2.C4H5NO2S.C2H4N4/c1-3-4(2)8-5(7)6-3;1-2-3(6)5-4(7)8-2;1-2-3-5-6-4-2/h4H,1H2,2H3,(H,6,7);2H,1H3,(H,5,6,7);1H3,(H,3,4,5,6). The molecule has 3 heterocycles. The molecule has 0 saturated carbocycles. The molecule has 120 valence electrons. The van der Waals surface area contributed by atoms with Crippen LogP contribution in [0.5, 0.6) is 0 Å². The van der Waals surface area contributed by atoms with Crippen LogP contribution in [0.1, 0.15) is 19.7 Å². The Morgan fingerprint density at radius 3 is 2.05 bits per heavy atom. The molecule has 2 atom stereocenters. The van der Waals surface area contributed by atoms with Crippen LogP contribution in [-0.4, -0.2) is 49.2 Å². The van der Waals surface area contributed by atoms with Gasteiger partial charge >= 0.3 is 6.09 Å². The summed E-state index contributed by atoms with van der Waals surface area (Å²) in [5.41, 5.74) is 0.634. The van der Waals surface area contributed by atoms with Gasteiger partial charge in [0, 0.05) is 0 Å². The predicted molar refractivity (Wildman–Crippen MR) is 77.7 cm³/mol. The van der Waals surface area contributed by atoms with Crippen LogP contribution in [0, 0.1) is 6.92 Å². The van der Waals surface area contributed by atoms with Crippen molar-refractivity contribution in [2.75, 3.05) is 0 Å². The van der Waals surface area contributed by atoms with E-state index in [2.05, 4.69) is 42.6 Å². The number of hydrogen-bond donors (Lipinski definition) is 3. The Morgan fingerprint density at radius 1 is 1.23 bits per heavy atom. The number of nitrogens with one attached hydrogen (secondary N) is 3. The van der Waals surface area contributed by atoms with Crippen LogP contribution in [-0.2, 0) is 9.53 Å². The first-order valence-electron chi connectivity index (χ1n) is 6.17. The normalized spacial score (nSPS) is 22.7. The third kappa shape index (κ3) is 5.91. The minimum Gasteiger partial charge on any atom is -0.440 e. The molecule has 2 aliphatic rings. The van der Waals surface area contributed by atoms with E-state index in [0.717, 1.165) is 11.8 Å². The van der Waals surface area contributed by atoms with Crippen molar-refractivity contribution in [3.8, 4) is 0 Å². The topological polar surface area (TPSA) is 139 Å². The lowest BCUT2D eigenvalue weighted by Crippen LogP contribution is -2.22. The lowest BCUT2D eigenvalue weighted by atomic mass is 10.3. The van der Waals surface area contributed by atoms with E-state index in [0.29, 0.717) is 11.5 Å². The number of carbonyl (C=O) groups is 3. The van der Waals surface area contributed by atoms with Crippen molar-refractivity contribution < 1.29 is 19.1 Å². The minimum atomic E-state index is -0.400. The number of cyclic esters (lactones) is 1. The lowest BCUT2D eigenvalue weighted by Gasteiger charge is -1.95. The van der Waals surface area contributed by atoms with Crippen LogP contribution in [0.2, 0.25) is 0 Å². The first-order valence-corrected chi connectivity index (χ1v) is 7.05. The van der Waals surface area contributed by atoms with Crippen LogP contribution in [0.4, 0.5) is 9.59 Å². The van der Waals surface area contributed by atoms with E-state index in [1.807, 2.05) is 0 Å². The first kappa shape index (κ1) is 17.6. The number of amides is 3. The van der Waals surface area contributed by atoms with Gasteiger partial charge in [-0.2, -0.15) is 5.21 Å². The molecule has 2 fully saturated rings. The maximum atomic E-state index is 10.4. The van der Waals surface area contributed by atoms with Gasteiger partial charge in [0.1, 0.15) is 6.10 Å². The Bertz CT molecular complexity index is 527. The number of tetrazole rings is 1. The smallest absolute Gasteiger partial charge is 0.412 e. The van der Waals surface area contributed by atoms with Gasteiger partial charge in [-0.1, -0.05) is 23.6 Å². The summed E-state index contributed by atoms with van der Waals surface area (Å²) in [5.74, 6) is 0.495. The fourth-order valence-electron chi connectivity index (χ4n) is 1.15. The van der Waals surface area contributed by atoms with Crippen LogP contribution < -0.4 is 10.6 Å². The van der Waals surface area contributed by atoms with Crippen LogP contribution >= 0.6 is 11.8 Å². The molecule has 0 spiro atoms. The molecule has 10 nitrogen and oxygen atoms in total. The van der Waals surface area contributed by atoms with Gasteiger partial charge in [-0.3, -0.25) is 20.2 Å². The number of hydrogen-bond acceptors (Lipinski definition) is 8. The maximum Gasteiger partial charge on any atom is 0.412 e. The van der Waals surface area contributed by atoms with E-state index in [-0.39, 0.29) is 22.5 Å². The highest BCUT2D eigenvalue weighted by molar-refractivity contribution is 8.15. The van der Waals surface area contributed by atoms with Crippen LogP contribution in [0.3, 0.4) is 0 Å². The van der Waals surface area contributed by atoms with E-state index < -0.39 is 6.09 Å². The van der Waals surface area contributed by atoms with Crippen LogP contribution in [0.25, 0.3) is 0 Å². The monoisotopic (exact) mass is 328 g/mol. The van der Waals surface area contributed by atoms with Crippen molar-refractivity contribution >= 4 is 29.0 Å². The first-order chi connectivity index (χ1) is 10.3. The average molecular weight is 328 g/mol. The number of carbonyl (C=O) groups excluding carboxylic acids is 3. The number of nitrogens with zero attached hydrogens (tertiary/aromatic N) is 3. The molecule has 2 unspecified atom stereocenters. The molecule has 3 amide bonds. The SMILES string of the molecule is C=C1NC(=O)OC1C.CC1SC(=O)NC1=O.Cc1nn[nH]n1. The summed E-state index contributed by atoms with van der Waals surface area (Å²) in [6.07, 6.45) is -0.565. The molecule has 0 radical (unpaired) electrons. The van der Waals surface area contributed by atoms with Gasteiger partial charge in [-0.05, 0) is 20.8 Å². The molecule has 22 heavy (non-hydrogen) atoms. The number of aromatic amines is 1. The van der Waals surface area contributed by atoms with Gasteiger partial charge in [0.05, 0.1) is 10.9 Å². The zero-order chi connectivity index (χ0) is 16.7. The van der Waals surface area contributed by atoms with Crippen molar-refractivity contribution in [1.29, 1.82) is 0 Å². The van der Waals surface area contributed by atoms with Gasteiger partial charge in [0.15, 0.2) is 5.82 Å². The number of rotatable bonds is 0. The van der Waals surface area contributed by atoms with E-state index in [1.165, 1.54) is 0 Å². The van der Waals surface area contributed by atoms with Gasteiger partial charge in [0.2, 0.25) is 5.91 Å². The maximum absolute atomic E-state index is 10.4. The number of imide groups is 1.